The van der Waals surface area contributed by atoms with Crippen LogP contribution in [0.1, 0.15) is 0 Å². The molecule has 0 amide bonds. The molecule has 0 saturated carbocycles. The van der Waals surface area contributed by atoms with E-state index in [-0.39, 0.29) is 0 Å². The Labute approximate surface area is 220 Å². The minimum absolute atomic E-state index is 1.16. The maximum absolute atomic E-state index is 3.71. The molecule has 0 atom stereocenters. The topological polar surface area (TPSA) is 20.7 Å². The van der Waals surface area contributed by atoms with E-state index < -0.39 is 0 Å². The van der Waals surface area contributed by atoms with Gasteiger partial charge in [-0.05, 0) is 52.6 Å². The molecular weight excluding hydrogens is 460 g/mol. The maximum atomic E-state index is 3.71. The van der Waals surface area contributed by atoms with Crippen LogP contribution in [-0.2, 0) is 0 Å². The summed E-state index contributed by atoms with van der Waals surface area (Å²) >= 11 is 0. The van der Waals surface area contributed by atoms with Gasteiger partial charge in [-0.3, -0.25) is 0 Å². The highest BCUT2D eigenvalue weighted by Crippen LogP contribution is 2.39. The molecule has 0 aliphatic heterocycles. The second-order valence-corrected chi connectivity index (χ2v) is 9.90. The van der Waals surface area contributed by atoms with Crippen molar-refractivity contribution in [3.8, 4) is 27.9 Å². The summed E-state index contributed by atoms with van der Waals surface area (Å²) in [6, 6.07) is 50.1. The molecule has 0 bridgehead atoms. The first-order valence-corrected chi connectivity index (χ1v) is 13.0. The van der Waals surface area contributed by atoms with Crippen molar-refractivity contribution in [1.82, 2.24) is 9.55 Å². The fraction of sp³-hybridized carbons (Fsp3) is 0. The van der Waals surface area contributed by atoms with E-state index >= 15 is 0 Å². The van der Waals surface area contributed by atoms with Crippen molar-refractivity contribution in [3.63, 3.8) is 0 Å². The molecule has 0 unspecified atom stereocenters. The largest absolute Gasteiger partial charge is 0.354 e. The summed E-state index contributed by atoms with van der Waals surface area (Å²) in [4.78, 5) is 3.71. The summed E-state index contributed by atoms with van der Waals surface area (Å²) in [7, 11) is 0. The third kappa shape index (κ3) is 3.14. The summed E-state index contributed by atoms with van der Waals surface area (Å²) in [5.41, 5.74) is 10.9. The number of hydrogen-bond acceptors (Lipinski definition) is 0. The fourth-order valence-electron chi connectivity index (χ4n) is 5.94. The lowest BCUT2D eigenvalue weighted by Crippen LogP contribution is -1.93. The lowest BCUT2D eigenvalue weighted by atomic mass is 10.0. The molecule has 8 rings (SSSR count). The summed E-state index contributed by atoms with van der Waals surface area (Å²) in [6.07, 6.45) is 0. The molecule has 6 aromatic carbocycles. The third-order valence-corrected chi connectivity index (χ3v) is 7.77. The number of aromatic nitrogens is 2. The van der Waals surface area contributed by atoms with Crippen molar-refractivity contribution in [2.75, 3.05) is 0 Å². The molecule has 2 aromatic heterocycles. The molecule has 0 radical (unpaired) electrons. The Hall–Kier alpha value is -5.08. The number of aromatic amines is 1. The summed E-state index contributed by atoms with van der Waals surface area (Å²) in [5.74, 6) is 0. The number of H-pyrrole nitrogens is 1. The standard InChI is InChI=1S/C36H24N2/c1-2-8-24(9-3-1)25-14-16-26(17-15-25)27-18-20-28(21-19-27)38-33-13-7-5-11-31(33)35-34(38)23-22-30-29-10-4-6-12-32(29)37-36(30)35/h1-23,37H. The van der Waals surface area contributed by atoms with Gasteiger partial charge in [0.1, 0.15) is 0 Å². The van der Waals surface area contributed by atoms with Crippen LogP contribution in [0.3, 0.4) is 0 Å². The van der Waals surface area contributed by atoms with E-state index in [1.165, 1.54) is 65.9 Å². The van der Waals surface area contributed by atoms with E-state index in [0.717, 1.165) is 5.69 Å². The number of para-hydroxylation sites is 2. The number of nitrogens with one attached hydrogen (secondary N) is 1. The van der Waals surface area contributed by atoms with Crippen LogP contribution in [0.2, 0.25) is 0 Å². The van der Waals surface area contributed by atoms with E-state index in [4.69, 9.17) is 0 Å². The van der Waals surface area contributed by atoms with Gasteiger partial charge in [-0.25, -0.2) is 0 Å². The van der Waals surface area contributed by atoms with Crippen LogP contribution in [0, 0.1) is 0 Å². The van der Waals surface area contributed by atoms with Gasteiger partial charge < -0.3 is 9.55 Å². The molecule has 0 fully saturated rings. The first-order chi connectivity index (χ1) is 18.8. The zero-order chi connectivity index (χ0) is 25.1. The Kier molecular flexibility index (Phi) is 4.55. The Bertz CT molecular complexity index is 2090. The van der Waals surface area contributed by atoms with Gasteiger partial charge in [0.25, 0.3) is 0 Å². The monoisotopic (exact) mass is 484 g/mol. The molecule has 1 N–H and O–H groups in total. The van der Waals surface area contributed by atoms with Crippen LogP contribution in [0.15, 0.2) is 140 Å². The van der Waals surface area contributed by atoms with Gasteiger partial charge in [-0.1, -0.05) is 109 Å². The van der Waals surface area contributed by atoms with Crippen molar-refractivity contribution in [1.29, 1.82) is 0 Å². The molecule has 0 aliphatic rings. The maximum Gasteiger partial charge on any atom is 0.0566 e. The van der Waals surface area contributed by atoms with Crippen molar-refractivity contribution in [2.24, 2.45) is 0 Å². The average Bonchev–Trinajstić information content (AvgIpc) is 3.54. The van der Waals surface area contributed by atoms with Crippen LogP contribution in [0.4, 0.5) is 0 Å². The molecule has 2 heteroatoms. The van der Waals surface area contributed by atoms with Crippen LogP contribution in [0.5, 0.6) is 0 Å². The van der Waals surface area contributed by atoms with Crippen molar-refractivity contribution < 1.29 is 0 Å². The molecule has 0 saturated heterocycles. The first-order valence-electron chi connectivity index (χ1n) is 13.0. The van der Waals surface area contributed by atoms with Crippen molar-refractivity contribution in [2.45, 2.75) is 0 Å². The normalized spacial score (nSPS) is 11.7. The van der Waals surface area contributed by atoms with Crippen LogP contribution in [-0.4, -0.2) is 9.55 Å². The zero-order valence-corrected chi connectivity index (χ0v) is 20.7. The lowest BCUT2D eigenvalue weighted by molar-refractivity contribution is 1.18. The van der Waals surface area contributed by atoms with E-state index in [1.54, 1.807) is 0 Å². The van der Waals surface area contributed by atoms with Gasteiger partial charge in [-0.15, -0.1) is 0 Å². The molecule has 2 heterocycles. The minimum Gasteiger partial charge on any atom is -0.354 e. The Morgan fingerprint density at radius 2 is 0.974 bits per heavy atom. The summed E-state index contributed by atoms with van der Waals surface area (Å²) < 4.78 is 2.39. The van der Waals surface area contributed by atoms with E-state index in [1.807, 2.05) is 0 Å². The van der Waals surface area contributed by atoms with Crippen molar-refractivity contribution in [3.05, 3.63) is 140 Å². The van der Waals surface area contributed by atoms with Crippen LogP contribution < -0.4 is 0 Å². The van der Waals surface area contributed by atoms with Gasteiger partial charge in [0, 0.05) is 32.7 Å². The predicted octanol–water partition coefficient (Wildman–Crippen LogP) is 9.75. The molecule has 0 spiro atoms. The Morgan fingerprint density at radius 3 is 1.71 bits per heavy atom. The number of hydrogen-bond donors (Lipinski definition) is 1. The molecular formula is C36H24N2. The molecule has 38 heavy (non-hydrogen) atoms. The Morgan fingerprint density at radius 1 is 0.395 bits per heavy atom. The quantitative estimate of drug-likeness (QED) is 0.258. The van der Waals surface area contributed by atoms with Crippen LogP contribution in [0.25, 0.3) is 71.6 Å². The van der Waals surface area contributed by atoms with E-state index in [9.17, 15) is 0 Å². The van der Waals surface area contributed by atoms with Gasteiger partial charge in [0.05, 0.1) is 16.6 Å². The van der Waals surface area contributed by atoms with Gasteiger partial charge in [0.2, 0.25) is 0 Å². The highest BCUT2D eigenvalue weighted by Gasteiger charge is 2.16. The second-order valence-electron chi connectivity index (χ2n) is 9.90. The molecule has 8 aromatic rings. The number of rotatable bonds is 3. The number of benzene rings is 6. The van der Waals surface area contributed by atoms with E-state index in [2.05, 4.69) is 149 Å². The highest BCUT2D eigenvalue weighted by atomic mass is 15.0. The molecule has 0 aliphatic carbocycles. The third-order valence-electron chi connectivity index (χ3n) is 7.77. The zero-order valence-electron chi connectivity index (χ0n) is 20.7. The second kappa shape index (κ2) is 8.22. The summed E-state index contributed by atoms with van der Waals surface area (Å²) in [6.45, 7) is 0. The number of nitrogens with zero attached hydrogens (tertiary/aromatic N) is 1. The molecule has 2 nitrogen and oxygen atoms in total. The summed E-state index contributed by atoms with van der Waals surface area (Å²) in [5, 5.41) is 5.07. The lowest BCUT2D eigenvalue weighted by Gasteiger charge is -2.10. The predicted molar refractivity (Wildman–Crippen MR) is 161 cm³/mol. The fourth-order valence-corrected chi connectivity index (χ4v) is 5.94. The minimum atomic E-state index is 1.16. The van der Waals surface area contributed by atoms with Gasteiger partial charge in [-0.2, -0.15) is 0 Å². The number of fused-ring (bicyclic) bond motifs is 7. The van der Waals surface area contributed by atoms with Gasteiger partial charge >= 0.3 is 0 Å². The van der Waals surface area contributed by atoms with Gasteiger partial charge in [0.15, 0.2) is 0 Å². The first kappa shape index (κ1) is 21.0. The Balaban J connectivity index is 1.26. The van der Waals surface area contributed by atoms with Crippen molar-refractivity contribution >= 4 is 43.6 Å². The highest BCUT2D eigenvalue weighted by molar-refractivity contribution is 6.25. The average molecular weight is 485 g/mol. The van der Waals surface area contributed by atoms with Crippen LogP contribution >= 0.6 is 0 Å². The smallest absolute Gasteiger partial charge is 0.0566 e. The molecule has 178 valence electrons. The SMILES string of the molecule is c1ccc(-c2ccc(-c3ccc(-n4c5ccccc5c5c6[nH]c7ccccc7c6ccc54)cc3)cc2)cc1. The van der Waals surface area contributed by atoms with E-state index in [0.29, 0.717) is 0 Å².